The second-order valence-corrected chi connectivity index (χ2v) is 8.57. The minimum atomic E-state index is -0.750. The van der Waals surface area contributed by atoms with Crippen LogP contribution in [0.15, 0.2) is 24.3 Å². The average Bonchev–Trinajstić information content (AvgIpc) is 2.61. The molecule has 126 valence electrons. The van der Waals surface area contributed by atoms with Crippen LogP contribution < -0.4 is 5.32 Å². The molecule has 0 radical (unpaired) electrons. The Bertz CT molecular complexity index is 818. The summed E-state index contributed by atoms with van der Waals surface area (Å²) in [6.07, 6.45) is 4.04. The van der Waals surface area contributed by atoms with E-state index in [2.05, 4.69) is 16.4 Å². The minimum Gasteiger partial charge on any atom is -0.367 e. The first-order valence-corrected chi connectivity index (χ1v) is 10.0. The molecule has 3 rings (SSSR count). The fraction of sp³-hybridized carbons (Fsp3) is 0.444. The predicted octanol–water partition coefficient (Wildman–Crippen LogP) is 4.25. The lowest BCUT2D eigenvalue weighted by molar-refractivity contribution is 0.464. The molecule has 1 aliphatic rings. The molecule has 3 atom stereocenters. The van der Waals surface area contributed by atoms with Crippen molar-refractivity contribution in [2.24, 2.45) is 0 Å². The van der Waals surface area contributed by atoms with Gasteiger partial charge in [-0.25, -0.2) is 4.98 Å². The zero-order valence-electron chi connectivity index (χ0n) is 13.6. The first-order chi connectivity index (χ1) is 11.6. The predicted molar refractivity (Wildman–Crippen MR) is 99.8 cm³/mol. The Kier molecular flexibility index (Phi) is 5.37. The SMILES string of the molecule is CCS(=O)C1CCCC(Nc2cc(C#N)c3cc(Cl)ccc3n2)C1. The van der Waals surface area contributed by atoms with Crippen LogP contribution in [0.5, 0.6) is 0 Å². The van der Waals surface area contributed by atoms with Gasteiger partial charge in [-0.15, -0.1) is 0 Å². The number of nitriles is 1. The lowest BCUT2D eigenvalue weighted by Gasteiger charge is -2.29. The maximum absolute atomic E-state index is 12.1. The van der Waals surface area contributed by atoms with Crippen molar-refractivity contribution in [1.29, 1.82) is 5.26 Å². The van der Waals surface area contributed by atoms with Gasteiger partial charge in [0.15, 0.2) is 0 Å². The fourth-order valence-electron chi connectivity index (χ4n) is 3.32. The van der Waals surface area contributed by atoms with Crippen LogP contribution in [-0.2, 0) is 10.8 Å². The zero-order valence-corrected chi connectivity index (χ0v) is 15.2. The molecule has 1 fully saturated rings. The number of anilines is 1. The maximum Gasteiger partial charge on any atom is 0.128 e. The summed E-state index contributed by atoms with van der Waals surface area (Å²) in [7, 11) is -0.750. The molecule has 6 heteroatoms. The molecule has 0 amide bonds. The van der Waals surface area contributed by atoms with E-state index < -0.39 is 10.8 Å². The normalized spacial score (nSPS) is 22.0. The Hall–Kier alpha value is -1.64. The summed E-state index contributed by atoms with van der Waals surface area (Å²) in [4.78, 5) is 4.61. The summed E-state index contributed by atoms with van der Waals surface area (Å²) < 4.78 is 12.1. The van der Waals surface area contributed by atoms with Crippen LogP contribution in [0, 0.1) is 11.3 Å². The number of fused-ring (bicyclic) bond motifs is 1. The Morgan fingerprint density at radius 3 is 3.00 bits per heavy atom. The number of pyridine rings is 1. The minimum absolute atomic E-state index is 0.253. The van der Waals surface area contributed by atoms with E-state index in [0.717, 1.165) is 36.6 Å². The third-order valence-electron chi connectivity index (χ3n) is 4.53. The third-order valence-corrected chi connectivity index (χ3v) is 6.50. The van der Waals surface area contributed by atoms with E-state index >= 15 is 0 Å². The summed E-state index contributed by atoms with van der Waals surface area (Å²) in [5.74, 6) is 1.42. The number of nitrogens with one attached hydrogen (secondary N) is 1. The number of nitrogens with zero attached hydrogens (tertiary/aromatic N) is 2. The maximum atomic E-state index is 12.1. The van der Waals surface area contributed by atoms with Gasteiger partial charge in [-0.2, -0.15) is 5.26 Å². The van der Waals surface area contributed by atoms with Gasteiger partial charge in [0, 0.05) is 38.3 Å². The molecular formula is C18H20ClN3OS. The van der Waals surface area contributed by atoms with Gasteiger partial charge in [0.25, 0.3) is 0 Å². The van der Waals surface area contributed by atoms with Crippen molar-refractivity contribution in [2.45, 2.75) is 43.9 Å². The van der Waals surface area contributed by atoms with E-state index in [4.69, 9.17) is 11.6 Å². The molecule has 1 aliphatic carbocycles. The van der Waals surface area contributed by atoms with Crippen molar-refractivity contribution in [1.82, 2.24) is 4.98 Å². The summed E-state index contributed by atoms with van der Waals surface area (Å²) in [5.41, 5.74) is 1.32. The highest BCUT2D eigenvalue weighted by molar-refractivity contribution is 7.85. The van der Waals surface area contributed by atoms with Gasteiger partial charge in [-0.05, 0) is 43.5 Å². The molecule has 1 aromatic carbocycles. The Morgan fingerprint density at radius 1 is 1.42 bits per heavy atom. The van der Waals surface area contributed by atoms with Crippen LogP contribution in [0.25, 0.3) is 10.9 Å². The number of halogens is 1. The van der Waals surface area contributed by atoms with E-state index in [1.807, 2.05) is 13.0 Å². The molecule has 0 aliphatic heterocycles. The van der Waals surface area contributed by atoms with E-state index in [1.165, 1.54) is 0 Å². The first kappa shape index (κ1) is 17.2. The van der Waals surface area contributed by atoms with Crippen molar-refractivity contribution in [3.05, 3.63) is 34.9 Å². The number of benzene rings is 1. The molecule has 1 aromatic heterocycles. The highest BCUT2D eigenvalue weighted by atomic mass is 35.5. The van der Waals surface area contributed by atoms with E-state index in [-0.39, 0.29) is 11.3 Å². The second-order valence-electron chi connectivity index (χ2n) is 6.13. The Balaban J connectivity index is 1.84. The molecule has 1 saturated carbocycles. The summed E-state index contributed by atoms with van der Waals surface area (Å²) in [5, 5.41) is 14.5. The monoisotopic (exact) mass is 361 g/mol. The molecule has 2 aromatic rings. The molecule has 1 heterocycles. The molecule has 0 saturated heterocycles. The van der Waals surface area contributed by atoms with Gasteiger partial charge in [0.1, 0.15) is 5.82 Å². The number of hydrogen-bond donors (Lipinski definition) is 1. The molecule has 0 bridgehead atoms. The second kappa shape index (κ2) is 7.50. The van der Waals surface area contributed by atoms with Gasteiger partial charge in [-0.3, -0.25) is 4.21 Å². The van der Waals surface area contributed by atoms with Crippen LogP contribution in [0.1, 0.15) is 38.2 Å². The largest absolute Gasteiger partial charge is 0.367 e. The standard InChI is InChI=1S/C18H20ClN3OS/c1-2-24(23)15-5-3-4-14(10-15)21-18-8-12(11-20)16-9-13(19)6-7-17(16)22-18/h6-9,14-15H,2-5,10H2,1H3,(H,21,22). The van der Waals surface area contributed by atoms with Gasteiger partial charge in [0.05, 0.1) is 17.1 Å². The number of hydrogen-bond acceptors (Lipinski definition) is 4. The van der Waals surface area contributed by atoms with Gasteiger partial charge >= 0.3 is 0 Å². The van der Waals surface area contributed by atoms with Crippen LogP contribution in [0.3, 0.4) is 0 Å². The van der Waals surface area contributed by atoms with Crippen LogP contribution >= 0.6 is 11.6 Å². The zero-order chi connectivity index (χ0) is 17.1. The highest BCUT2D eigenvalue weighted by Crippen LogP contribution is 2.28. The molecule has 0 spiro atoms. The molecule has 24 heavy (non-hydrogen) atoms. The van der Waals surface area contributed by atoms with Crippen molar-refractivity contribution < 1.29 is 4.21 Å². The van der Waals surface area contributed by atoms with Crippen molar-refractivity contribution in [3.8, 4) is 6.07 Å². The lowest BCUT2D eigenvalue weighted by atomic mass is 9.95. The molecular weight excluding hydrogens is 342 g/mol. The smallest absolute Gasteiger partial charge is 0.128 e. The molecule has 3 unspecified atom stereocenters. The average molecular weight is 362 g/mol. The van der Waals surface area contributed by atoms with Crippen LogP contribution in [0.2, 0.25) is 5.02 Å². The Labute approximate surface area is 149 Å². The van der Waals surface area contributed by atoms with E-state index in [1.54, 1.807) is 18.2 Å². The van der Waals surface area contributed by atoms with Crippen LogP contribution in [0.4, 0.5) is 5.82 Å². The number of rotatable bonds is 4. The van der Waals surface area contributed by atoms with Crippen molar-refractivity contribution in [2.75, 3.05) is 11.1 Å². The first-order valence-electron chi connectivity index (χ1n) is 8.25. The lowest BCUT2D eigenvalue weighted by Crippen LogP contribution is -2.33. The number of aromatic nitrogens is 1. The van der Waals surface area contributed by atoms with Crippen molar-refractivity contribution >= 4 is 39.1 Å². The topological polar surface area (TPSA) is 65.8 Å². The molecule has 4 nitrogen and oxygen atoms in total. The highest BCUT2D eigenvalue weighted by Gasteiger charge is 2.25. The van der Waals surface area contributed by atoms with Crippen molar-refractivity contribution in [3.63, 3.8) is 0 Å². The summed E-state index contributed by atoms with van der Waals surface area (Å²) in [6, 6.07) is 9.64. The quantitative estimate of drug-likeness (QED) is 0.883. The fourth-order valence-corrected chi connectivity index (χ4v) is 4.84. The van der Waals surface area contributed by atoms with Gasteiger partial charge in [-0.1, -0.05) is 24.9 Å². The molecule has 1 N–H and O–H groups in total. The summed E-state index contributed by atoms with van der Waals surface area (Å²) in [6.45, 7) is 1.97. The van der Waals surface area contributed by atoms with E-state index in [9.17, 15) is 9.47 Å². The van der Waals surface area contributed by atoms with Crippen LogP contribution in [-0.4, -0.2) is 26.2 Å². The van der Waals surface area contributed by atoms with E-state index in [0.29, 0.717) is 22.2 Å². The third kappa shape index (κ3) is 3.71. The van der Waals surface area contributed by atoms with Gasteiger partial charge < -0.3 is 5.32 Å². The summed E-state index contributed by atoms with van der Waals surface area (Å²) >= 11 is 6.02. The van der Waals surface area contributed by atoms with Gasteiger partial charge in [0.2, 0.25) is 0 Å². The Morgan fingerprint density at radius 2 is 2.25 bits per heavy atom.